The molecule has 0 saturated carbocycles. The fourth-order valence-corrected chi connectivity index (χ4v) is 3.83. The summed E-state index contributed by atoms with van der Waals surface area (Å²) >= 11 is 6.08. The number of ether oxygens (including phenoxy) is 1. The van der Waals surface area contributed by atoms with E-state index in [0.717, 1.165) is 10.6 Å². The summed E-state index contributed by atoms with van der Waals surface area (Å²) in [6.07, 6.45) is 1.02. The summed E-state index contributed by atoms with van der Waals surface area (Å²) in [5.41, 5.74) is 0.739. The summed E-state index contributed by atoms with van der Waals surface area (Å²) in [5.74, 6) is -1.19. The van der Waals surface area contributed by atoms with Crippen molar-refractivity contribution in [1.82, 2.24) is 0 Å². The molecule has 0 fully saturated rings. The van der Waals surface area contributed by atoms with Crippen molar-refractivity contribution >= 4 is 44.9 Å². The van der Waals surface area contributed by atoms with Crippen LogP contribution < -0.4 is 9.62 Å². The highest BCUT2D eigenvalue weighted by Gasteiger charge is 2.29. The van der Waals surface area contributed by atoms with E-state index in [1.807, 2.05) is 0 Å². The van der Waals surface area contributed by atoms with Gasteiger partial charge in [-0.05, 0) is 37.3 Å². The molecule has 1 atom stereocenters. The molecule has 0 aromatic heterocycles. The van der Waals surface area contributed by atoms with Gasteiger partial charge >= 0.3 is 5.97 Å². The van der Waals surface area contributed by atoms with Crippen molar-refractivity contribution in [3.63, 3.8) is 0 Å². The lowest BCUT2D eigenvalue weighted by Gasteiger charge is -2.28. The molecule has 0 bridgehead atoms. The van der Waals surface area contributed by atoms with Crippen LogP contribution in [0.4, 0.5) is 11.4 Å². The number of hydrogen-bond acceptors (Lipinski definition) is 5. The largest absolute Gasteiger partial charge is 0.465 e. The zero-order valence-electron chi connectivity index (χ0n) is 15.0. The summed E-state index contributed by atoms with van der Waals surface area (Å²) in [5, 5.41) is 2.77. The summed E-state index contributed by atoms with van der Waals surface area (Å²) in [6, 6.07) is 11.5. The van der Waals surface area contributed by atoms with Crippen LogP contribution in [-0.4, -0.2) is 39.7 Å². The van der Waals surface area contributed by atoms with Crippen molar-refractivity contribution in [3.05, 3.63) is 59.1 Å². The molecule has 2 aromatic carbocycles. The molecule has 27 heavy (non-hydrogen) atoms. The second-order valence-corrected chi connectivity index (χ2v) is 8.01. The highest BCUT2D eigenvalue weighted by atomic mass is 35.5. The van der Waals surface area contributed by atoms with Gasteiger partial charge in [-0.25, -0.2) is 13.2 Å². The number of carbonyl (C=O) groups excluding carboxylic acids is 2. The lowest BCUT2D eigenvalue weighted by molar-refractivity contribution is -0.116. The van der Waals surface area contributed by atoms with Crippen molar-refractivity contribution in [3.8, 4) is 0 Å². The molecule has 7 nitrogen and oxygen atoms in total. The summed E-state index contributed by atoms with van der Waals surface area (Å²) in [4.78, 5) is 24.3. The predicted molar refractivity (Wildman–Crippen MR) is 105 cm³/mol. The van der Waals surface area contributed by atoms with E-state index < -0.39 is 27.9 Å². The quantitative estimate of drug-likeness (QED) is 0.739. The molecule has 0 unspecified atom stereocenters. The SMILES string of the molecule is COC(=O)c1ccc(Cl)c(NC(=O)[C@@H](C)N(c2ccccc2)S(C)(=O)=O)c1. The van der Waals surface area contributed by atoms with Gasteiger partial charge in [-0.2, -0.15) is 0 Å². The normalized spacial score (nSPS) is 12.1. The number of hydrogen-bond donors (Lipinski definition) is 1. The topological polar surface area (TPSA) is 92.8 Å². The highest BCUT2D eigenvalue weighted by Crippen LogP contribution is 2.25. The van der Waals surface area contributed by atoms with Gasteiger partial charge in [0.1, 0.15) is 6.04 Å². The van der Waals surface area contributed by atoms with Crippen molar-refractivity contribution < 1.29 is 22.7 Å². The zero-order chi connectivity index (χ0) is 20.2. The minimum Gasteiger partial charge on any atom is -0.465 e. The van der Waals surface area contributed by atoms with Crippen LogP contribution >= 0.6 is 11.6 Å². The van der Waals surface area contributed by atoms with Crippen molar-refractivity contribution in [1.29, 1.82) is 0 Å². The predicted octanol–water partition coefficient (Wildman–Crippen LogP) is 2.92. The smallest absolute Gasteiger partial charge is 0.337 e. The molecule has 1 amide bonds. The number of halogens is 1. The summed E-state index contributed by atoms with van der Waals surface area (Å²) in [6.45, 7) is 1.46. The lowest BCUT2D eigenvalue weighted by Crippen LogP contribution is -2.45. The average Bonchev–Trinajstić information content (AvgIpc) is 2.62. The number of methoxy groups -OCH3 is 1. The van der Waals surface area contributed by atoms with E-state index in [1.54, 1.807) is 30.3 Å². The van der Waals surface area contributed by atoms with Gasteiger partial charge < -0.3 is 10.1 Å². The third kappa shape index (κ3) is 4.99. The van der Waals surface area contributed by atoms with Gasteiger partial charge in [0.05, 0.1) is 35.3 Å². The van der Waals surface area contributed by atoms with Crippen LogP contribution in [0.5, 0.6) is 0 Å². The first-order valence-corrected chi connectivity index (χ1v) is 10.1. The molecule has 0 saturated heterocycles. The third-order valence-corrected chi connectivity index (χ3v) is 5.32. The van der Waals surface area contributed by atoms with E-state index in [1.165, 1.54) is 32.2 Å². The number of rotatable bonds is 6. The maximum absolute atomic E-state index is 12.7. The molecule has 1 N–H and O–H groups in total. The molecule has 0 aliphatic carbocycles. The monoisotopic (exact) mass is 410 g/mol. The van der Waals surface area contributed by atoms with Gasteiger partial charge in [0.15, 0.2) is 0 Å². The van der Waals surface area contributed by atoms with E-state index >= 15 is 0 Å². The fraction of sp³-hybridized carbons (Fsp3) is 0.222. The Labute approximate surface area is 162 Å². The lowest BCUT2D eigenvalue weighted by atomic mass is 10.2. The van der Waals surface area contributed by atoms with Crippen molar-refractivity contribution in [2.24, 2.45) is 0 Å². The Kier molecular flexibility index (Phi) is 6.45. The molecule has 2 aromatic rings. The Balaban J connectivity index is 2.32. The number of sulfonamides is 1. The molecule has 0 spiro atoms. The standard InChI is InChI=1S/C18H19ClN2O5S/c1-12(21(27(3,24)25)14-7-5-4-6-8-14)17(22)20-16-11-13(18(23)26-2)9-10-15(16)19/h4-12H,1-3H3,(H,20,22)/t12-/m1/s1. The Morgan fingerprint density at radius 2 is 1.78 bits per heavy atom. The van der Waals surface area contributed by atoms with Gasteiger partial charge in [-0.15, -0.1) is 0 Å². The summed E-state index contributed by atoms with van der Waals surface area (Å²) in [7, 11) is -2.49. The summed E-state index contributed by atoms with van der Waals surface area (Å²) < 4.78 is 30.1. The number of nitrogens with one attached hydrogen (secondary N) is 1. The number of anilines is 2. The van der Waals surface area contributed by atoms with Crippen LogP contribution in [-0.2, 0) is 19.6 Å². The van der Waals surface area contributed by atoms with Crippen molar-refractivity contribution in [2.45, 2.75) is 13.0 Å². The second-order valence-electron chi connectivity index (χ2n) is 5.75. The van der Waals surface area contributed by atoms with Gasteiger partial charge in [-0.3, -0.25) is 9.10 Å². The van der Waals surface area contributed by atoms with Crippen LogP contribution in [0, 0.1) is 0 Å². The number of esters is 1. The first-order chi connectivity index (χ1) is 12.6. The second kappa shape index (κ2) is 8.41. The van der Waals surface area contributed by atoms with Crippen molar-refractivity contribution in [2.75, 3.05) is 23.0 Å². The third-order valence-electron chi connectivity index (χ3n) is 3.74. The Hall–Kier alpha value is -2.58. The minimum atomic E-state index is -3.72. The molecular weight excluding hydrogens is 392 g/mol. The molecule has 2 rings (SSSR count). The molecule has 144 valence electrons. The molecule has 0 aliphatic heterocycles. The Morgan fingerprint density at radius 3 is 2.33 bits per heavy atom. The van der Waals surface area contributed by atoms with Crippen LogP contribution in [0.1, 0.15) is 17.3 Å². The van der Waals surface area contributed by atoms with Gasteiger partial charge in [0.25, 0.3) is 0 Å². The number of nitrogens with zero attached hydrogens (tertiary/aromatic N) is 1. The molecule has 0 aliphatic rings. The van der Waals surface area contributed by atoms with Gasteiger partial charge in [0.2, 0.25) is 15.9 Å². The Morgan fingerprint density at radius 1 is 1.15 bits per heavy atom. The van der Waals surface area contributed by atoms with Crippen LogP contribution in [0.3, 0.4) is 0 Å². The van der Waals surface area contributed by atoms with Crippen LogP contribution in [0.2, 0.25) is 5.02 Å². The fourth-order valence-electron chi connectivity index (χ4n) is 2.49. The number of para-hydroxylation sites is 1. The maximum atomic E-state index is 12.7. The average molecular weight is 411 g/mol. The highest BCUT2D eigenvalue weighted by molar-refractivity contribution is 7.92. The van der Waals surface area contributed by atoms with E-state index in [2.05, 4.69) is 10.1 Å². The molecule has 0 heterocycles. The molecule has 0 radical (unpaired) electrons. The van der Waals surface area contributed by atoms with E-state index in [-0.39, 0.29) is 16.3 Å². The number of benzene rings is 2. The van der Waals surface area contributed by atoms with Gasteiger partial charge in [0, 0.05) is 0 Å². The minimum absolute atomic E-state index is 0.179. The first-order valence-electron chi connectivity index (χ1n) is 7.88. The van der Waals surface area contributed by atoms with E-state index in [0.29, 0.717) is 5.69 Å². The number of carbonyl (C=O) groups is 2. The maximum Gasteiger partial charge on any atom is 0.337 e. The van der Waals surface area contributed by atoms with E-state index in [4.69, 9.17) is 11.6 Å². The van der Waals surface area contributed by atoms with Gasteiger partial charge in [-0.1, -0.05) is 29.8 Å². The van der Waals surface area contributed by atoms with Crippen LogP contribution in [0.15, 0.2) is 48.5 Å². The number of amides is 1. The Bertz CT molecular complexity index is 947. The first kappa shape index (κ1) is 20.7. The van der Waals surface area contributed by atoms with E-state index in [9.17, 15) is 18.0 Å². The van der Waals surface area contributed by atoms with Crippen LogP contribution in [0.25, 0.3) is 0 Å². The zero-order valence-corrected chi connectivity index (χ0v) is 16.5. The molecule has 9 heteroatoms. The molecular formula is C18H19ClN2O5S.